The van der Waals surface area contributed by atoms with Crippen LogP contribution in [0.15, 0.2) is 24.4 Å². The van der Waals surface area contributed by atoms with E-state index < -0.39 is 0 Å². The fraction of sp³-hybridized carbons (Fsp3) is 0.611. The maximum Gasteiger partial charge on any atom is 0.326 e. The number of amides is 4. The van der Waals surface area contributed by atoms with E-state index in [-0.39, 0.29) is 24.1 Å². The first-order valence-corrected chi connectivity index (χ1v) is 9.27. The van der Waals surface area contributed by atoms with Gasteiger partial charge in [0.05, 0.1) is 6.04 Å². The standard InChI is InChI=1S/C18H25N5O2/c24-17-20-12-15-13-21(10-11-22(15)17)18(25)23(14-6-2-1-3-7-14)16-8-4-5-9-19-16/h4-5,8-9,14-15H,1-3,6-7,10-13H2,(H,20,24)/t15-/m1/s1. The summed E-state index contributed by atoms with van der Waals surface area (Å²) >= 11 is 0. The lowest BCUT2D eigenvalue weighted by Gasteiger charge is -2.41. The highest BCUT2D eigenvalue weighted by Crippen LogP contribution is 2.28. The number of carbonyl (C=O) groups is 2. The van der Waals surface area contributed by atoms with Gasteiger partial charge < -0.3 is 15.1 Å². The molecule has 1 aromatic heterocycles. The van der Waals surface area contributed by atoms with Crippen molar-refractivity contribution in [3.05, 3.63) is 24.4 Å². The number of pyridine rings is 1. The topological polar surface area (TPSA) is 68.8 Å². The molecule has 1 aromatic rings. The van der Waals surface area contributed by atoms with Crippen molar-refractivity contribution in [2.75, 3.05) is 31.1 Å². The van der Waals surface area contributed by atoms with Crippen LogP contribution in [0.5, 0.6) is 0 Å². The fourth-order valence-corrected chi connectivity index (χ4v) is 4.21. The van der Waals surface area contributed by atoms with Crippen molar-refractivity contribution >= 4 is 17.9 Å². The molecule has 0 spiro atoms. The smallest absolute Gasteiger partial charge is 0.326 e. The van der Waals surface area contributed by atoms with Gasteiger partial charge in [0.1, 0.15) is 5.82 Å². The zero-order valence-corrected chi connectivity index (χ0v) is 14.4. The molecule has 0 bridgehead atoms. The van der Waals surface area contributed by atoms with Crippen LogP contribution < -0.4 is 10.2 Å². The molecule has 4 amide bonds. The van der Waals surface area contributed by atoms with Gasteiger partial charge in [0.25, 0.3) is 0 Å². The first kappa shape index (κ1) is 16.2. The van der Waals surface area contributed by atoms with Crippen molar-refractivity contribution in [1.82, 2.24) is 20.1 Å². The van der Waals surface area contributed by atoms with Crippen LogP contribution in [-0.4, -0.2) is 65.1 Å². The number of urea groups is 2. The third-order valence-corrected chi connectivity index (χ3v) is 5.55. The molecule has 4 rings (SSSR count). The first-order chi connectivity index (χ1) is 12.2. The van der Waals surface area contributed by atoms with Gasteiger partial charge in [-0.2, -0.15) is 0 Å². The molecule has 1 aliphatic carbocycles. The van der Waals surface area contributed by atoms with Crippen LogP contribution in [0.2, 0.25) is 0 Å². The summed E-state index contributed by atoms with van der Waals surface area (Å²) in [5, 5.41) is 2.87. The summed E-state index contributed by atoms with van der Waals surface area (Å²) in [6.45, 7) is 2.39. The Morgan fingerprint density at radius 1 is 1.20 bits per heavy atom. The molecule has 1 N–H and O–H groups in total. The molecule has 2 aliphatic heterocycles. The first-order valence-electron chi connectivity index (χ1n) is 9.27. The van der Waals surface area contributed by atoms with E-state index in [0.717, 1.165) is 31.5 Å². The minimum absolute atomic E-state index is 0.00837. The van der Waals surface area contributed by atoms with Crippen molar-refractivity contribution in [3.63, 3.8) is 0 Å². The van der Waals surface area contributed by atoms with Gasteiger partial charge >= 0.3 is 12.1 Å². The number of carbonyl (C=O) groups excluding carboxylic acids is 2. The highest BCUT2D eigenvalue weighted by atomic mass is 16.2. The average Bonchev–Trinajstić information content (AvgIpc) is 3.04. The summed E-state index contributed by atoms with van der Waals surface area (Å²) in [5.41, 5.74) is 0. The molecular formula is C18H25N5O2. The summed E-state index contributed by atoms with van der Waals surface area (Å²) < 4.78 is 0. The molecule has 134 valence electrons. The normalized spacial score (nSPS) is 24.0. The Morgan fingerprint density at radius 2 is 2.04 bits per heavy atom. The molecule has 0 radical (unpaired) electrons. The van der Waals surface area contributed by atoms with Crippen molar-refractivity contribution in [2.45, 2.75) is 44.2 Å². The summed E-state index contributed by atoms with van der Waals surface area (Å²) in [4.78, 5) is 35.2. The van der Waals surface area contributed by atoms with E-state index in [9.17, 15) is 9.59 Å². The number of fused-ring (bicyclic) bond motifs is 1. The number of anilines is 1. The van der Waals surface area contributed by atoms with E-state index in [1.165, 1.54) is 6.42 Å². The van der Waals surface area contributed by atoms with Gasteiger partial charge in [0.15, 0.2) is 0 Å². The predicted octanol–water partition coefficient (Wildman–Crippen LogP) is 2.05. The number of hydrogen-bond acceptors (Lipinski definition) is 3. The Bertz CT molecular complexity index is 632. The molecule has 7 nitrogen and oxygen atoms in total. The maximum absolute atomic E-state index is 13.4. The Morgan fingerprint density at radius 3 is 2.80 bits per heavy atom. The summed E-state index contributed by atoms with van der Waals surface area (Å²) in [6, 6.07) is 6.06. The van der Waals surface area contributed by atoms with Crippen LogP contribution in [0.1, 0.15) is 32.1 Å². The van der Waals surface area contributed by atoms with E-state index in [0.29, 0.717) is 26.2 Å². The molecule has 3 aliphatic rings. The number of rotatable bonds is 2. The minimum atomic E-state index is -0.00837. The average molecular weight is 343 g/mol. The van der Waals surface area contributed by atoms with Gasteiger partial charge in [0, 0.05) is 38.4 Å². The largest absolute Gasteiger partial charge is 0.336 e. The van der Waals surface area contributed by atoms with Crippen molar-refractivity contribution in [2.24, 2.45) is 0 Å². The fourth-order valence-electron chi connectivity index (χ4n) is 4.21. The zero-order chi connectivity index (χ0) is 17.2. The van der Waals surface area contributed by atoms with Gasteiger partial charge in [-0.1, -0.05) is 25.3 Å². The van der Waals surface area contributed by atoms with Gasteiger partial charge in [-0.15, -0.1) is 0 Å². The molecule has 1 saturated carbocycles. The molecule has 25 heavy (non-hydrogen) atoms. The zero-order valence-electron chi connectivity index (χ0n) is 14.4. The van der Waals surface area contributed by atoms with Gasteiger partial charge in [-0.25, -0.2) is 14.6 Å². The lowest BCUT2D eigenvalue weighted by atomic mass is 9.94. The Hall–Kier alpha value is -2.31. The van der Waals surface area contributed by atoms with Crippen LogP contribution >= 0.6 is 0 Å². The second kappa shape index (κ2) is 6.90. The number of nitrogens with one attached hydrogen (secondary N) is 1. The number of piperazine rings is 1. The lowest BCUT2D eigenvalue weighted by Crippen LogP contribution is -2.58. The highest BCUT2D eigenvalue weighted by Gasteiger charge is 2.39. The third kappa shape index (κ3) is 3.15. The quantitative estimate of drug-likeness (QED) is 0.893. The van der Waals surface area contributed by atoms with Crippen LogP contribution in [0.4, 0.5) is 15.4 Å². The Balaban J connectivity index is 1.54. The number of aromatic nitrogens is 1. The summed E-state index contributed by atoms with van der Waals surface area (Å²) in [5.74, 6) is 0.738. The van der Waals surface area contributed by atoms with E-state index in [2.05, 4.69) is 10.3 Å². The van der Waals surface area contributed by atoms with E-state index in [4.69, 9.17) is 0 Å². The van der Waals surface area contributed by atoms with Crippen LogP contribution in [0.3, 0.4) is 0 Å². The molecule has 7 heteroatoms. The van der Waals surface area contributed by atoms with Gasteiger partial charge in [-0.3, -0.25) is 4.90 Å². The second-order valence-electron chi connectivity index (χ2n) is 7.11. The lowest BCUT2D eigenvalue weighted by molar-refractivity contribution is 0.131. The van der Waals surface area contributed by atoms with Gasteiger partial charge in [0.2, 0.25) is 0 Å². The van der Waals surface area contributed by atoms with Gasteiger partial charge in [-0.05, 0) is 25.0 Å². The van der Waals surface area contributed by atoms with E-state index in [1.807, 2.05) is 32.9 Å². The molecule has 0 unspecified atom stereocenters. The second-order valence-corrected chi connectivity index (χ2v) is 7.11. The number of hydrogen-bond donors (Lipinski definition) is 1. The molecule has 1 atom stereocenters. The maximum atomic E-state index is 13.4. The van der Waals surface area contributed by atoms with Crippen molar-refractivity contribution < 1.29 is 9.59 Å². The SMILES string of the molecule is O=C(N1CCN2C(=O)NC[C@@H]2C1)N(c1ccccn1)C1CCCCC1. The van der Waals surface area contributed by atoms with E-state index >= 15 is 0 Å². The Labute approximate surface area is 148 Å². The van der Waals surface area contributed by atoms with Crippen molar-refractivity contribution in [1.29, 1.82) is 0 Å². The molecule has 3 fully saturated rings. The summed E-state index contributed by atoms with van der Waals surface area (Å²) in [6.07, 6.45) is 7.38. The van der Waals surface area contributed by atoms with Crippen molar-refractivity contribution in [3.8, 4) is 0 Å². The Kier molecular flexibility index (Phi) is 4.46. The molecule has 3 heterocycles. The van der Waals surface area contributed by atoms with Crippen LogP contribution in [0, 0.1) is 0 Å². The minimum Gasteiger partial charge on any atom is -0.336 e. The molecular weight excluding hydrogens is 318 g/mol. The third-order valence-electron chi connectivity index (χ3n) is 5.55. The van der Waals surface area contributed by atoms with Crippen LogP contribution in [-0.2, 0) is 0 Å². The summed E-state index contributed by atoms with van der Waals surface area (Å²) in [7, 11) is 0. The highest BCUT2D eigenvalue weighted by molar-refractivity contribution is 5.92. The molecule has 2 saturated heterocycles. The van der Waals surface area contributed by atoms with E-state index in [1.54, 1.807) is 6.20 Å². The number of nitrogens with zero attached hydrogens (tertiary/aromatic N) is 4. The monoisotopic (exact) mass is 343 g/mol. The van der Waals surface area contributed by atoms with Crippen LogP contribution in [0.25, 0.3) is 0 Å². The molecule has 0 aromatic carbocycles. The predicted molar refractivity (Wildman–Crippen MR) is 94.5 cm³/mol.